The second kappa shape index (κ2) is 14.8. The van der Waals surface area contributed by atoms with E-state index in [0.29, 0.717) is 30.9 Å². The number of urea groups is 1. The van der Waals surface area contributed by atoms with E-state index in [0.717, 1.165) is 5.56 Å². The summed E-state index contributed by atoms with van der Waals surface area (Å²) >= 11 is 0. The van der Waals surface area contributed by atoms with E-state index in [1.807, 2.05) is 58.0 Å². The van der Waals surface area contributed by atoms with Crippen LogP contribution in [0.25, 0.3) is 0 Å². The number of anilines is 1. The molecule has 1 heterocycles. The number of amides is 4. The van der Waals surface area contributed by atoms with E-state index in [9.17, 15) is 19.2 Å². The Morgan fingerprint density at radius 2 is 1.36 bits per heavy atom. The van der Waals surface area contributed by atoms with Crippen LogP contribution in [0.5, 0.6) is 5.75 Å². The molecule has 0 aliphatic carbocycles. The molecule has 0 spiro atoms. The lowest BCUT2D eigenvalue weighted by Gasteiger charge is -2.27. The van der Waals surface area contributed by atoms with E-state index in [2.05, 4.69) is 21.3 Å². The van der Waals surface area contributed by atoms with Crippen LogP contribution in [0.15, 0.2) is 54.6 Å². The van der Waals surface area contributed by atoms with E-state index in [1.165, 1.54) is 0 Å². The maximum absolute atomic E-state index is 13.7. The molecule has 228 valence electrons. The second-order valence-electron chi connectivity index (χ2n) is 11.8. The molecule has 2 aromatic rings. The third-order valence-corrected chi connectivity index (χ3v) is 7.03. The minimum Gasteiger partial charge on any atom is -0.497 e. The number of hydrogen-bond acceptors (Lipinski definition) is 6. The van der Waals surface area contributed by atoms with Gasteiger partial charge in [-0.1, -0.05) is 58.0 Å². The number of hydrogen-bond donors (Lipinski definition) is 4. The molecule has 0 unspecified atom stereocenters. The predicted octanol–water partition coefficient (Wildman–Crippen LogP) is 3.85. The van der Waals surface area contributed by atoms with Crippen molar-refractivity contribution < 1.29 is 28.7 Å². The lowest BCUT2D eigenvalue weighted by Crippen LogP contribution is -2.57. The summed E-state index contributed by atoms with van der Waals surface area (Å²) in [7, 11) is 1.56. The monoisotopic (exact) mass is 580 g/mol. The summed E-state index contributed by atoms with van der Waals surface area (Å²) in [5, 5.41) is 11.2. The molecule has 1 fully saturated rings. The fourth-order valence-electron chi connectivity index (χ4n) is 4.63. The van der Waals surface area contributed by atoms with Crippen molar-refractivity contribution in [2.45, 2.75) is 77.6 Å². The summed E-state index contributed by atoms with van der Waals surface area (Å²) < 4.78 is 10.5. The number of epoxide rings is 1. The quantitative estimate of drug-likeness (QED) is 0.236. The molecule has 0 saturated carbocycles. The van der Waals surface area contributed by atoms with Gasteiger partial charge in [-0.2, -0.15) is 0 Å². The Hall–Kier alpha value is -3.92. The van der Waals surface area contributed by atoms with Crippen molar-refractivity contribution in [2.24, 2.45) is 11.8 Å². The van der Waals surface area contributed by atoms with Crippen LogP contribution in [0.2, 0.25) is 0 Å². The number of methoxy groups -OCH3 is 1. The molecule has 4 N–H and O–H groups in total. The molecule has 2 aromatic carbocycles. The third kappa shape index (κ3) is 9.87. The van der Waals surface area contributed by atoms with Gasteiger partial charge in [0, 0.05) is 12.1 Å². The average Bonchev–Trinajstić information content (AvgIpc) is 3.70. The molecule has 4 amide bonds. The van der Waals surface area contributed by atoms with Gasteiger partial charge in [-0.3, -0.25) is 14.4 Å². The lowest BCUT2D eigenvalue weighted by molar-refractivity contribution is -0.133. The highest BCUT2D eigenvalue weighted by atomic mass is 16.6. The average molecular weight is 581 g/mol. The molecular formula is C32H44N4O6. The van der Waals surface area contributed by atoms with Gasteiger partial charge in [0.05, 0.1) is 19.8 Å². The van der Waals surface area contributed by atoms with Crippen LogP contribution < -0.4 is 26.0 Å². The second-order valence-corrected chi connectivity index (χ2v) is 11.8. The molecule has 10 nitrogen and oxygen atoms in total. The van der Waals surface area contributed by atoms with Crippen molar-refractivity contribution in [2.75, 3.05) is 19.0 Å². The van der Waals surface area contributed by atoms with Gasteiger partial charge >= 0.3 is 6.03 Å². The highest BCUT2D eigenvalue weighted by Crippen LogP contribution is 2.29. The fraction of sp³-hybridized carbons (Fsp3) is 0.500. The summed E-state index contributed by atoms with van der Waals surface area (Å²) in [4.78, 5) is 53.2. The molecule has 1 saturated heterocycles. The Morgan fingerprint density at radius 3 is 1.90 bits per heavy atom. The molecule has 0 bridgehead atoms. The molecule has 42 heavy (non-hydrogen) atoms. The minimum atomic E-state index is -0.976. The molecule has 10 heteroatoms. The van der Waals surface area contributed by atoms with E-state index >= 15 is 0 Å². The molecule has 0 radical (unpaired) electrons. The van der Waals surface area contributed by atoms with E-state index in [1.54, 1.807) is 38.3 Å². The van der Waals surface area contributed by atoms with Gasteiger partial charge in [-0.05, 0) is 61.4 Å². The van der Waals surface area contributed by atoms with Crippen molar-refractivity contribution in [3.63, 3.8) is 0 Å². The highest BCUT2D eigenvalue weighted by molar-refractivity contribution is 5.99. The zero-order chi connectivity index (χ0) is 30.9. The number of ketones is 1. The van der Waals surface area contributed by atoms with Crippen LogP contribution >= 0.6 is 0 Å². The van der Waals surface area contributed by atoms with Crippen molar-refractivity contribution in [3.05, 3.63) is 60.2 Å². The molecule has 1 aliphatic heterocycles. The maximum atomic E-state index is 13.7. The van der Waals surface area contributed by atoms with Gasteiger partial charge in [0.1, 0.15) is 23.4 Å². The number of carbonyl (C=O) groups is 4. The van der Waals surface area contributed by atoms with Crippen LogP contribution in [-0.2, 0) is 25.5 Å². The summed E-state index contributed by atoms with van der Waals surface area (Å²) in [6.45, 7) is 9.88. The molecule has 3 rings (SSSR count). The first kappa shape index (κ1) is 32.6. The molecule has 4 atom stereocenters. The minimum absolute atomic E-state index is 0.0794. The number of benzene rings is 2. The standard InChI is InChI=1S/C32H44N4O6/c1-20(2)16-25(28(37)32(5)19-42-32)34-30(39)27(18-22-10-8-7-9-11-22)35-29(38)26(17-21(3)4)36-31(40)33-23-12-14-24(41-6)15-13-23/h7-15,20-21,25-27H,16-19H2,1-6H3,(H,34,39)(H,35,38)(H2,33,36,40)/t25-,26-,27-,32+/m0/s1. The maximum Gasteiger partial charge on any atom is 0.319 e. The largest absolute Gasteiger partial charge is 0.497 e. The predicted molar refractivity (Wildman–Crippen MR) is 161 cm³/mol. The Labute approximate surface area is 248 Å². The van der Waals surface area contributed by atoms with Gasteiger partial charge in [0.15, 0.2) is 5.78 Å². The van der Waals surface area contributed by atoms with Crippen LogP contribution in [0.4, 0.5) is 10.5 Å². The summed E-state index contributed by atoms with van der Waals surface area (Å²) in [6.07, 6.45) is 1.01. The lowest BCUT2D eigenvalue weighted by atomic mass is 9.93. The van der Waals surface area contributed by atoms with Gasteiger partial charge in [0.25, 0.3) is 0 Å². The van der Waals surface area contributed by atoms with E-state index in [4.69, 9.17) is 9.47 Å². The molecule has 1 aliphatic rings. The topological polar surface area (TPSA) is 138 Å². The Bertz CT molecular complexity index is 1210. The van der Waals surface area contributed by atoms with E-state index in [-0.39, 0.29) is 24.0 Å². The first-order valence-electron chi connectivity index (χ1n) is 14.4. The van der Waals surface area contributed by atoms with Gasteiger partial charge in [0.2, 0.25) is 11.8 Å². The normalized spacial score (nSPS) is 18.0. The number of carbonyl (C=O) groups excluding carboxylic acids is 4. The number of rotatable bonds is 15. The van der Waals surface area contributed by atoms with Crippen LogP contribution in [0.1, 0.15) is 53.0 Å². The third-order valence-electron chi connectivity index (χ3n) is 7.03. The highest BCUT2D eigenvalue weighted by Gasteiger charge is 2.50. The van der Waals surface area contributed by atoms with Crippen LogP contribution in [-0.4, -0.2) is 61.1 Å². The SMILES string of the molecule is COc1ccc(NC(=O)N[C@@H](CC(C)C)C(=O)N[C@@H](Cc2ccccc2)C(=O)N[C@@H](CC(C)C)C(=O)[C@@]2(C)CO2)cc1. The molecular weight excluding hydrogens is 536 g/mol. The van der Waals surface area contributed by atoms with Crippen LogP contribution in [0, 0.1) is 11.8 Å². The first-order chi connectivity index (χ1) is 19.9. The van der Waals surface area contributed by atoms with Crippen molar-refractivity contribution in [3.8, 4) is 5.75 Å². The smallest absolute Gasteiger partial charge is 0.319 e. The zero-order valence-electron chi connectivity index (χ0n) is 25.4. The summed E-state index contributed by atoms with van der Waals surface area (Å²) in [6, 6.07) is 13.0. The van der Waals surface area contributed by atoms with Crippen molar-refractivity contribution in [1.82, 2.24) is 16.0 Å². The van der Waals surface area contributed by atoms with Crippen molar-refractivity contribution >= 4 is 29.3 Å². The summed E-state index contributed by atoms with van der Waals surface area (Å²) in [5.74, 6) is -0.264. The van der Waals surface area contributed by atoms with Gasteiger partial charge < -0.3 is 30.7 Å². The van der Waals surface area contributed by atoms with Crippen molar-refractivity contribution in [1.29, 1.82) is 0 Å². The van der Waals surface area contributed by atoms with Gasteiger partial charge in [-0.25, -0.2) is 4.79 Å². The Morgan fingerprint density at radius 1 is 0.810 bits per heavy atom. The number of Topliss-reactive ketones (excluding diaryl/α,β-unsaturated/α-hetero) is 1. The van der Waals surface area contributed by atoms with Crippen LogP contribution in [0.3, 0.4) is 0 Å². The molecule has 0 aromatic heterocycles. The first-order valence-corrected chi connectivity index (χ1v) is 14.4. The Balaban J connectivity index is 1.76. The van der Waals surface area contributed by atoms with E-state index < -0.39 is 41.6 Å². The Kier molecular flexibility index (Phi) is 11.5. The summed E-state index contributed by atoms with van der Waals surface area (Å²) in [5.41, 5.74) is 0.481. The zero-order valence-corrected chi connectivity index (χ0v) is 25.4. The number of nitrogens with one attached hydrogen (secondary N) is 4. The fourth-order valence-corrected chi connectivity index (χ4v) is 4.63. The number of ether oxygens (including phenoxy) is 2. The van der Waals surface area contributed by atoms with Gasteiger partial charge in [-0.15, -0.1) is 0 Å².